The third-order valence-corrected chi connectivity index (χ3v) is 2.16. The number of nitrogens with one attached hydrogen (secondary N) is 1. The zero-order valence-electron chi connectivity index (χ0n) is 9.41. The van der Waals surface area contributed by atoms with Gasteiger partial charge in [-0.15, -0.1) is 0 Å². The second-order valence-electron chi connectivity index (χ2n) is 3.65. The predicted molar refractivity (Wildman–Crippen MR) is 51.9 cm³/mol. The zero-order valence-corrected chi connectivity index (χ0v) is 8.41. The van der Waals surface area contributed by atoms with E-state index in [0.717, 1.165) is 0 Å². The minimum Gasteiger partial charge on any atom is -0.461 e. The molecule has 1 N–H and O–H groups in total. The number of ether oxygens (including phenoxy) is 1. The van der Waals surface area contributed by atoms with Gasteiger partial charge in [0.25, 0.3) is 0 Å². The molecule has 4 nitrogen and oxygen atoms in total. The lowest BCUT2D eigenvalue weighted by molar-refractivity contribution is -0.149. The Balaban J connectivity index is 2.18. The lowest BCUT2D eigenvalue weighted by atomic mass is 10.2. The van der Waals surface area contributed by atoms with Gasteiger partial charge in [-0.3, -0.25) is 4.79 Å². The van der Waals surface area contributed by atoms with Gasteiger partial charge >= 0.3 is 5.97 Å². The molecule has 1 aliphatic heterocycles. The van der Waals surface area contributed by atoms with Crippen LogP contribution in [0.2, 0.25) is 0 Å². The van der Waals surface area contributed by atoms with Crippen molar-refractivity contribution in [1.82, 2.24) is 5.32 Å². The standard InChI is InChI=1S/C10H17NO3/c1-7-5-9(6-11-7)14-10(13)4-3-8(2)12/h7,9,11H,3-6H2,1-2H3/t7-,9-/m1/s1/i1D. The average Bonchev–Trinajstić information content (AvgIpc) is 2.62. The lowest BCUT2D eigenvalue weighted by Gasteiger charge is -2.10. The van der Waals surface area contributed by atoms with Crippen molar-refractivity contribution in [3.8, 4) is 0 Å². The van der Waals surface area contributed by atoms with Crippen LogP contribution in [0.5, 0.6) is 0 Å². The molecule has 1 saturated heterocycles. The maximum atomic E-state index is 11.2. The van der Waals surface area contributed by atoms with E-state index in [1.54, 1.807) is 0 Å². The first-order chi connectivity index (χ1) is 7.11. The van der Waals surface area contributed by atoms with Crippen LogP contribution in [0.4, 0.5) is 0 Å². The van der Waals surface area contributed by atoms with E-state index >= 15 is 0 Å². The first-order valence-corrected chi connectivity index (χ1v) is 4.83. The Morgan fingerprint density at radius 1 is 1.57 bits per heavy atom. The number of carbonyl (C=O) groups excluding carboxylic acids is 2. The molecule has 0 unspecified atom stereocenters. The van der Waals surface area contributed by atoms with Gasteiger partial charge in [0, 0.05) is 26.8 Å². The Kier molecular flexibility index (Phi) is 3.51. The summed E-state index contributed by atoms with van der Waals surface area (Å²) in [7, 11) is 0. The van der Waals surface area contributed by atoms with Gasteiger partial charge in [0.2, 0.25) is 0 Å². The van der Waals surface area contributed by atoms with Crippen molar-refractivity contribution in [3.63, 3.8) is 0 Å². The molecular weight excluding hydrogens is 182 g/mol. The summed E-state index contributed by atoms with van der Waals surface area (Å²) in [5.41, 5.74) is 0. The van der Waals surface area contributed by atoms with Crippen LogP contribution >= 0.6 is 0 Å². The molecule has 4 heteroatoms. The molecule has 0 aromatic rings. The monoisotopic (exact) mass is 200 g/mol. The van der Waals surface area contributed by atoms with Crippen molar-refractivity contribution in [2.75, 3.05) is 6.54 Å². The largest absolute Gasteiger partial charge is 0.461 e. The van der Waals surface area contributed by atoms with Gasteiger partial charge in [0.15, 0.2) is 0 Å². The smallest absolute Gasteiger partial charge is 0.306 e. The van der Waals surface area contributed by atoms with Gasteiger partial charge in [0.1, 0.15) is 11.9 Å². The second-order valence-corrected chi connectivity index (χ2v) is 3.65. The minimum absolute atomic E-state index is 0.000492. The number of hydrogen-bond acceptors (Lipinski definition) is 4. The fraction of sp³-hybridized carbons (Fsp3) is 0.800. The highest BCUT2D eigenvalue weighted by Crippen LogP contribution is 2.10. The molecular formula is C10H17NO3. The molecule has 0 aromatic carbocycles. The Morgan fingerprint density at radius 3 is 2.93 bits per heavy atom. The number of hydrogen-bond donors (Lipinski definition) is 1. The van der Waals surface area contributed by atoms with E-state index in [-0.39, 0.29) is 36.7 Å². The first kappa shape index (κ1) is 9.65. The van der Waals surface area contributed by atoms with Crippen LogP contribution in [-0.2, 0) is 14.3 Å². The number of ketones is 1. The summed E-state index contributed by atoms with van der Waals surface area (Å²) < 4.78 is 12.3. The Hall–Kier alpha value is -0.900. The first-order valence-electron chi connectivity index (χ1n) is 5.54. The van der Waals surface area contributed by atoms with Crippen molar-refractivity contribution in [1.29, 1.82) is 0 Å². The predicted octanol–water partition coefficient (Wildman–Crippen LogP) is 0.649. The molecule has 14 heavy (non-hydrogen) atoms. The highest BCUT2D eigenvalue weighted by atomic mass is 16.5. The molecule has 0 saturated carbocycles. The number of esters is 1. The average molecular weight is 200 g/mol. The SMILES string of the molecule is [2H]C[C@@H]1C[C@@H](OC(=O)CCC(C)=O)CN1. The van der Waals surface area contributed by atoms with E-state index in [9.17, 15) is 9.59 Å². The Morgan fingerprint density at radius 2 is 2.36 bits per heavy atom. The molecule has 0 bridgehead atoms. The topological polar surface area (TPSA) is 55.4 Å². The van der Waals surface area contributed by atoms with Crippen LogP contribution in [0.25, 0.3) is 0 Å². The third-order valence-electron chi connectivity index (χ3n) is 2.16. The van der Waals surface area contributed by atoms with Crippen molar-refractivity contribution in [2.24, 2.45) is 0 Å². The highest BCUT2D eigenvalue weighted by molar-refractivity contribution is 5.81. The molecule has 1 rings (SSSR count). The third kappa shape index (κ3) is 3.87. The van der Waals surface area contributed by atoms with Gasteiger partial charge < -0.3 is 14.8 Å². The van der Waals surface area contributed by atoms with Crippen LogP contribution in [0, 0.1) is 0 Å². The molecule has 1 fully saturated rings. The van der Waals surface area contributed by atoms with Crippen LogP contribution in [0.1, 0.15) is 34.5 Å². The van der Waals surface area contributed by atoms with Gasteiger partial charge in [-0.05, 0) is 13.8 Å². The van der Waals surface area contributed by atoms with Crippen molar-refractivity contribution >= 4 is 11.8 Å². The summed E-state index contributed by atoms with van der Waals surface area (Å²) in [5, 5.41) is 3.09. The number of carbonyl (C=O) groups is 2. The van der Waals surface area contributed by atoms with Crippen LogP contribution in [-0.4, -0.2) is 30.4 Å². The van der Waals surface area contributed by atoms with E-state index < -0.39 is 0 Å². The molecule has 0 aromatic heterocycles. The molecule has 0 spiro atoms. The molecule has 2 atom stereocenters. The molecule has 0 radical (unpaired) electrons. The maximum Gasteiger partial charge on any atom is 0.306 e. The lowest BCUT2D eigenvalue weighted by Crippen LogP contribution is -2.21. The van der Waals surface area contributed by atoms with E-state index in [1.165, 1.54) is 6.92 Å². The van der Waals surface area contributed by atoms with Crippen LogP contribution in [0.15, 0.2) is 0 Å². The molecule has 1 heterocycles. The number of rotatable bonds is 4. The number of Topliss-reactive ketones (excluding diaryl/α,β-unsaturated/α-hetero) is 1. The van der Waals surface area contributed by atoms with Crippen molar-refractivity contribution in [3.05, 3.63) is 0 Å². The molecule has 0 amide bonds. The summed E-state index contributed by atoms with van der Waals surface area (Å²) in [6.45, 7) is 2.39. The fourth-order valence-electron chi connectivity index (χ4n) is 1.39. The van der Waals surface area contributed by atoms with Gasteiger partial charge in [-0.25, -0.2) is 0 Å². The normalized spacial score (nSPS) is 27.1. The Labute approximate surface area is 85.4 Å². The molecule has 0 aliphatic carbocycles. The van der Waals surface area contributed by atoms with E-state index in [4.69, 9.17) is 6.11 Å². The van der Waals surface area contributed by atoms with Crippen molar-refractivity contribution < 1.29 is 15.7 Å². The van der Waals surface area contributed by atoms with Gasteiger partial charge in [-0.2, -0.15) is 0 Å². The molecule has 1 aliphatic rings. The minimum atomic E-state index is -0.317. The van der Waals surface area contributed by atoms with Gasteiger partial charge in [0.05, 0.1) is 6.42 Å². The summed E-state index contributed by atoms with van der Waals surface area (Å²) in [5.74, 6) is -0.317. The Bertz CT molecular complexity index is 245. The van der Waals surface area contributed by atoms with Gasteiger partial charge in [-0.1, -0.05) is 0 Å². The van der Waals surface area contributed by atoms with Crippen LogP contribution < -0.4 is 5.32 Å². The van der Waals surface area contributed by atoms with E-state index in [1.807, 2.05) is 0 Å². The summed E-state index contributed by atoms with van der Waals surface area (Å²) >= 11 is 0. The van der Waals surface area contributed by atoms with E-state index in [0.29, 0.717) is 19.9 Å². The second kappa shape index (κ2) is 5.10. The van der Waals surface area contributed by atoms with Crippen LogP contribution in [0.3, 0.4) is 0 Å². The quantitative estimate of drug-likeness (QED) is 0.677. The zero-order chi connectivity index (χ0) is 11.3. The highest BCUT2D eigenvalue weighted by Gasteiger charge is 2.23. The summed E-state index contributed by atoms with van der Waals surface area (Å²) in [6, 6.07) is 0.135. The summed E-state index contributed by atoms with van der Waals surface area (Å²) in [6.07, 6.45) is 0.993. The van der Waals surface area contributed by atoms with Crippen molar-refractivity contribution in [2.45, 2.75) is 45.2 Å². The fourth-order valence-corrected chi connectivity index (χ4v) is 1.39. The maximum absolute atomic E-state index is 11.2. The van der Waals surface area contributed by atoms with E-state index in [2.05, 4.69) is 5.32 Å². The summed E-state index contributed by atoms with van der Waals surface area (Å²) in [4.78, 5) is 21.9. The molecule has 80 valence electrons.